The van der Waals surface area contributed by atoms with E-state index in [1.807, 2.05) is 4.90 Å². The van der Waals surface area contributed by atoms with Gasteiger partial charge in [-0.05, 0) is 32.0 Å². The molecule has 2 atom stereocenters. The Morgan fingerprint density at radius 1 is 1.24 bits per heavy atom. The van der Waals surface area contributed by atoms with Gasteiger partial charge in [0.25, 0.3) is 0 Å². The minimum Gasteiger partial charge on any atom is -0.619 e. The predicted molar refractivity (Wildman–Crippen MR) is 113 cm³/mol. The lowest BCUT2D eigenvalue weighted by Crippen LogP contribution is -2.45. The van der Waals surface area contributed by atoms with Crippen LogP contribution in [-0.4, -0.2) is 81.2 Å². The van der Waals surface area contributed by atoms with Gasteiger partial charge in [0.2, 0.25) is 0 Å². The number of likely N-dealkylation sites (tertiary alicyclic amines) is 1. The molecule has 0 spiro atoms. The van der Waals surface area contributed by atoms with E-state index in [4.69, 9.17) is 31.4 Å². The molecule has 182 valence electrons. The Morgan fingerprint density at radius 2 is 1.94 bits per heavy atom. The number of nitrogens with zero attached hydrogens (tertiary/aromatic N) is 3. The molecule has 0 amide bonds. The van der Waals surface area contributed by atoms with Crippen LogP contribution in [0.4, 0.5) is 0 Å². The van der Waals surface area contributed by atoms with Crippen LogP contribution in [0.5, 0.6) is 0 Å². The molecule has 0 radical (unpaired) electrons. The summed E-state index contributed by atoms with van der Waals surface area (Å²) in [4.78, 5) is 41.7. The first-order chi connectivity index (χ1) is 15.6. The fraction of sp³-hybridized carbons (Fsp3) is 0.550. The molecule has 0 saturated carbocycles. The number of rotatable bonds is 12. The fourth-order valence-electron chi connectivity index (χ4n) is 3.29. The molecule has 1 aromatic rings. The van der Waals surface area contributed by atoms with Gasteiger partial charge in [0.15, 0.2) is 35.9 Å². The third-order valence-electron chi connectivity index (χ3n) is 4.91. The van der Waals surface area contributed by atoms with Crippen molar-refractivity contribution in [3.63, 3.8) is 0 Å². The number of hydrogen-bond acceptors (Lipinski definition) is 9. The van der Waals surface area contributed by atoms with Gasteiger partial charge in [-0.1, -0.05) is 23.2 Å². The normalized spacial score (nSPS) is 17.6. The SMILES string of the molecule is O=C(O)C[C@](O)(CC(=O)O[C@H](CON=C(Cl)c1ccc[n+]([O-])c1)CN1CCCCC1)C(=O)O. The molecule has 1 aliphatic rings. The van der Waals surface area contributed by atoms with Crippen molar-refractivity contribution in [1.82, 2.24) is 4.90 Å². The molecule has 0 unspecified atom stereocenters. The van der Waals surface area contributed by atoms with Crippen molar-refractivity contribution in [3.8, 4) is 0 Å². The molecule has 1 saturated heterocycles. The lowest BCUT2D eigenvalue weighted by Gasteiger charge is -2.30. The summed E-state index contributed by atoms with van der Waals surface area (Å²) in [6.07, 6.45) is 2.35. The summed E-state index contributed by atoms with van der Waals surface area (Å²) >= 11 is 6.03. The summed E-state index contributed by atoms with van der Waals surface area (Å²) in [5.74, 6) is -4.52. The average Bonchev–Trinajstić information content (AvgIpc) is 2.73. The van der Waals surface area contributed by atoms with Gasteiger partial charge in [0.1, 0.15) is 0 Å². The topological polar surface area (TPSA) is 173 Å². The summed E-state index contributed by atoms with van der Waals surface area (Å²) in [7, 11) is 0. The number of esters is 1. The van der Waals surface area contributed by atoms with Crippen molar-refractivity contribution in [3.05, 3.63) is 35.3 Å². The second-order valence-electron chi connectivity index (χ2n) is 7.69. The van der Waals surface area contributed by atoms with Crippen LogP contribution < -0.4 is 4.73 Å². The number of oxime groups is 1. The van der Waals surface area contributed by atoms with E-state index in [0.29, 0.717) is 10.3 Å². The standard InChI is InChI=1S/C20H26ClN3O9/c21-18(14-5-4-8-24(31)11-14)22-32-13-15(12-23-6-2-1-3-7-23)33-17(27)10-20(30,19(28)29)9-16(25)26/h4-5,8,11,15,30H,1-3,6-7,9-10,12-13H2,(H,25,26)(H,28,29)/t15-,20-/m0/s1. The predicted octanol–water partition coefficient (Wildman–Crippen LogP) is 0.315. The molecule has 1 aromatic heterocycles. The zero-order valence-electron chi connectivity index (χ0n) is 17.8. The summed E-state index contributed by atoms with van der Waals surface area (Å²) in [6, 6.07) is 3.02. The molecule has 33 heavy (non-hydrogen) atoms. The quantitative estimate of drug-likeness (QED) is 0.122. The Bertz CT molecular complexity index is 876. The lowest BCUT2D eigenvalue weighted by atomic mass is 9.96. The molecule has 2 heterocycles. The van der Waals surface area contributed by atoms with Crippen LogP contribution in [-0.2, 0) is 24.0 Å². The number of ether oxygens (including phenoxy) is 1. The molecule has 13 heteroatoms. The maximum Gasteiger partial charge on any atom is 0.336 e. The fourth-order valence-corrected chi connectivity index (χ4v) is 3.45. The van der Waals surface area contributed by atoms with E-state index in [1.165, 1.54) is 18.5 Å². The van der Waals surface area contributed by atoms with Gasteiger partial charge in [-0.2, -0.15) is 4.73 Å². The number of carbonyl (C=O) groups is 3. The van der Waals surface area contributed by atoms with E-state index in [1.54, 1.807) is 6.07 Å². The number of pyridine rings is 1. The van der Waals surface area contributed by atoms with Gasteiger partial charge in [0, 0.05) is 12.6 Å². The van der Waals surface area contributed by atoms with Crippen LogP contribution in [0.25, 0.3) is 0 Å². The molecule has 2 rings (SSSR count). The molecular formula is C20H26ClN3O9. The third kappa shape index (κ3) is 8.83. The molecule has 3 N–H and O–H groups in total. The first kappa shape index (κ1) is 26.3. The van der Waals surface area contributed by atoms with Crippen molar-refractivity contribution in [2.75, 3.05) is 26.2 Å². The van der Waals surface area contributed by atoms with Crippen LogP contribution in [0.1, 0.15) is 37.7 Å². The van der Waals surface area contributed by atoms with Crippen molar-refractivity contribution in [2.45, 2.75) is 43.8 Å². The smallest absolute Gasteiger partial charge is 0.336 e. The summed E-state index contributed by atoms with van der Waals surface area (Å²) in [5.41, 5.74) is -2.50. The van der Waals surface area contributed by atoms with E-state index in [2.05, 4.69) is 5.16 Å². The van der Waals surface area contributed by atoms with Gasteiger partial charge in [0.05, 0.1) is 18.4 Å². The Labute approximate surface area is 194 Å². The van der Waals surface area contributed by atoms with Gasteiger partial charge in [-0.15, -0.1) is 0 Å². The van der Waals surface area contributed by atoms with Crippen LogP contribution in [0.3, 0.4) is 0 Å². The minimum absolute atomic E-state index is 0.107. The summed E-state index contributed by atoms with van der Waals surface area (Å²) in [5, 5.41) is 43.0. The van der Waals surface area contributed by atoms with E-state index in [9.17, 15) is 24.7 Å². The highest BCUT2D eigenvalue weighted by atomic mass is 35.5. The van der Waals surface area contributed by atoms with E-state index >= 15 is 0 Å². The van der Waals surface area contributed by atoms with E-state index in [-0.39, 0.29) is 18.3 Å². The van der Waals surface area contributed by atoms with Crippen molar-refractivity contribution in [2.24, 2.45) is 5.16 Å². The summed E-state index contributed by atoms with van der Waals surface area (Å²) < 4.78 is 5.84. The minimum atomic E-state index is -2.80. The van der Waals surface area contributed by atoms with Crippen LogP contribution >= 0.6 is 11.6 Å². The average molecular weight is 488 g/mol. The Hall–Kier alpha value is -2.96. The Kier molecular flexibility index (Phi) is 9.82. The molecule has 0 aromatic carbocycles. The molecule has 0 aliphatic carbocycles. The maximum atomic E-state index is 12.3. The number of piperidine rings is 1. The number of carboxylic acid groups (broad SMARTS) is 2. The Balaban J connectivity index is 2.04. The van der Waals surface area contributed by atoms with Gasteiger partial charge < -0.3 is 30.1 Å². The van der Waals surface area contributed by atoms with Crippen LogP contribution in [0.2, 0.25) is 0 Å². The second-order valence-corrected chi connectivity index (χ2v) is 8.05. The number of carbonyl (C=O) groups excluding carboxylic acids is 1. The first-order valence-corrected chi connectivity index (χ1v) is 10.6. The van der Waals surface area contributed by atoms with Crippen molar-refractivity contribution in [1.29, 1.82) is 0 Å². The zero-order chi connectivity index (χ0) is 24.4. The van der Waals surface area contributed by atoms with Crippen LogP contribution in [0.15, 0.2) is 29.7 Å². The highest BCUT2D eigenvalue weighted by molar-refractivity contribution is 6.69. The number of halogens is 1. The number of carboxylic acids is 2. The number of aliphatic carboxylic acids is 2. The van der Waals surface area contributed by atoms with E-state index < -0.39 is 42.5 Å². The maximum absolute atomic E-state index is 12.3. The van der Waals surface area contributed by atoms with Gasteiger partial charge >= 0.3 is 17.9 Å². The van der Waals surface area contributed by atoms with Crippen molar-refractivity contribution < 1.29 is 44.0 Å². The number of aliphatic hydroxyl groups is 1. The molecule has 1 aliphatic heterocycles. The molecule has 12 nitrogen and oxygen atoms in total. The summed E-state index contributed by atoms with van der Waals surface area (Å²) in [6.45, 7) is 1.55. The highest BCUT2D eigenvalue weighted by Crippen LogP contribution is 2.18. The third-order valence-corrected chi connectivity index (χ3v) is 5.19. The number of hydrogen-bond donors (Lipinski definition) is 3. The molecule has 1 fully saturated rings. The Morgan fingerprint density at radius 3 is 2.55 bits per heavy atom. The van der Waals surface area contributed by atoms with Gasteiger partial charge in [-0.3, -0.25) is 14.5 Å². The first-order valence-electron chi connectivity index (χ1n) is 10.2. The lowest BCUT2D eigenvalue weighted by molar-refractivity contribution is -0.605. The van der Waals surface area contributed by atoms with E-state index in [0.717, 1.165) is 32.4 Å². The molecular weight excluding hydrogens is 462 g/mol. The van der Waals surface area contributed by atoms with Crippen molar-refractivity contribution >= 4 is 34.7 Å². The number of aromatic nitrogens is 1. The molecule has 0 bridgehead atoms. The second kappa shape index (κ2) is 12.3. The monoisotopic (exact) mass is 487 g/mol. The largest absolute Gasteiger partial charge is 0.619 e. The zero-order valence-corrected chi connectivity index (χ0v) is 18.5. The van der Waals surface area contributed by atoms with Gasteiger partial charge in [-0.25, -0.2) is 4.79 Å². The van der Waals surface area contributed by atoms with Crippen LogP contribution in [0, 0.1) is 5.21 Å². The highest BCUT2D eigenvalue weighted by Gasteiger charge is 2.42.